The molecule has 0 spiro atoms. The van der Waals surface area contributed by atoms with Crippen molar-refractivity contribution in [2.75, 3.05) is 11.8 Å². The Morgan fingerprint density at radius 2 is 1.70 bits per heavy atom. The molecule has 0 saturated carbocycles. The van der Waals surface area contributed by atoms with Gasteiger partial charge < -0.3 is 4.74 Å². The number of anilines is 1. The normalized spacial score (nSPS) is 12.0. The Labute approximate surface area is 138 Å². The Hall–Kier alpha value is -2.01. The molecule has 0 heterocycles. The van der Waals surface area contributed by atoms with Crippen LogP contribution in [0.5, 0.6) is 5.75 Å². The monoisotopic (exact) mass is 333 g/mol. The molecule has 0 saturated heterocycles. The predicted molar refractivity (Wildman–Crippen MR) is 93.7 cm³/mol. The lowest BCUT2D eigenvalue weighted by molar-refractivity contribution is 0.403. The van der Waals surface area contributed by atoms with E-state index in [0.717, 1.165) is 5.56 Å². The van der Waals surface area contributed by atoms with Gasteiger partial charge in [-0.3, -0.25) is 4.72 Å². The van der Waals surface area contributed by atoms with Crippen LogP contribution in [0.2, 0.25) is 0 Å². The molecule has 2 rings (SSSR count). The van der Waals surface area contributed by atoms with Gasteiger partial charge in [-0.1, -0.05) is 39.0 Å². The zero-order valence-corrected chi connectivity index (χ0v) is 15.0. The van der Waals surface area contributed by atoms with Crippen molar-refractivity contribution in [3.05, 3.63) is 53.6 Å². The third kappa shape index (κ3) is 3.85. The number of benzene rings is 2. The van der Waals surface area contributed by atoms with Crippen LogP contribution in [0.1, 0.15) is 31.9 Å². The zero-order chi connectivity index (χ0) is 17.3. The molecule has 4 nitrogen and oxygen atoms in total. The largest absolute Gasteiger partial charge is 0.495 e. The summed E-state index contributed by atoms with van der Waals surface area (Å²) in [7, 11) is -2.24. The van der Waals surface area contributed by atoms with Crippen LogP contribution in [-0.4, -0.2) is 15.5 Å². The van der Waals surface area contributed by atoms with Crippen molar-refractivity contribution < 1.29 is 13.2 Å². The van der Waals surface area contributed by atoms with Crippen LogP contribution >= 0.6 is 0 Å². The van der Waals surface area contributed by atoms with E-state index in [9.17, 15) is 8.42 Å². The molecule has 2 aromatic rings. The molecule has 124 valence electrons. The van der Waals surface area contributed by atoms with E-state index in [1.807, 2.05) is 19.1 Å². The number of para-hydroxylation sites is 1. The van der Waals surface area contributed by atoms with Gasteiger partial charge >= 0.3 is 0 Å². The van der Waals surface area contributed by atoms with Crippen molar-refractivity contribution in [2.24, 2.45) is 0 Å². The molecule has 2 aromatic carbocycles. The maximum atomic E-state index is 12.6. The Morgan fingerprint density at radius 3 is 2.26 bits per heavy atom. The third-order valence-corrected chi connectivity index (χ3v) is 5.07. The predicted octanol–water partition coefficient (Wildman–Crippen LogP) is 4.10. The van der Waals surface area contributed by atoms with Crippen LogP contribution in [0.4, 0.5) is 5.69 Å². The Bertz CT molecular complexity index is 805. The first kappa shape index (κ1) is 17.3. The van der Waals surface area contributed by atoms with E-state index >= 15 is 0 Å². The summed E-state index contributed by atoms with van der Waals surface area (Å²) in [4.78, 5) is 0.125. The van der Waals surface area contributed by atoms with Gasteiger partial charge in [0.05, 0.1) is 7.11 Å². The Kier molecular flexibility index (Phi) is 4.71. The molecule has 0 atom stereocenters. The fraction of sp³-hybridized carbons (Fsp3) is 0.333. The van der Waals surface area contributed by atoms with E-state index in [1.54, 1.807) is 24.3 Å². The molecule has 0 unspecified atom stereocenters. The molecule has 0 aliphatic rings. The van der Waals surface area contributed by atoms with E-state index in [1.165, 1.54) is 18.7 Å². The number of sulfonamides is 1. The van der Waals surface area contributed by atoms with Gasteiger partial charge in [0.25, 0.3) is 10.0 Å². The van der Waals surface area contributed by atoms with Gasteiger partial charge in [0.2, 0.25) is 0 Å². The second-order valence-electron chi connectivity index (χ2n) is 6.54. The summed E-state index contributed by atoms with van der Waals surface area (Å²) in [6, 6.07) is 12.2. The fourth-order valence-electron chi connectivity index (χ4n) is 2.62. The average Bonchev–Trinajstić information content (AvgIpc) is 2.45. The van der Waals surface area contributed by atoms with E-state index in [0.29, 0.717) is 11.4 Å². The molecule has 0 fully saturated rings. The van der Waals surface area contributed by atoms with Crippen molar-refractivity contribution in [1.82, 2.24) is 0 Å². The van der Waals surface area contributed by atoms with Crippen LogP contribution < -0.4 is 9.46 Å². The van der Waals surface area contributed by atoms with Gasteiger partial charge in [-0.2, -0.15) is 0 Å². The summed E-state index contributed by atoms with van der Waals surface area (Å²) in [5, 5.41) is 0. The first-order valence-electron chi connectivity index (χ1n) is 7.42. The summed E-state index contributed by atoms with van der Waals surface area (Å²) in [6.45, 7) is 8.39. The summed E-state index contributed by atoms with van der Waals surface area (Å²) in [5.74, 6) is 0.322. The minimum Gasteiger partial charge on any atom is -0.495 e. The minimum atomic E-state index is -3.70. The van der Waals surface area contributed by atoms with E-state index in [4.69, 9.17) is 4.74 Å². The van der Waals surface area contributed by atoms with Crippen LogP contribution in [0, 0.1) is 6.92 Å². The molecule has 5 heteroatoms. The molecule has 0 aliphatic carbocycles. The first-order valence-corrected chi connectivity index (χ1v) is 8.90. The smallest absolute Gasteiger partial charge is 0.265 e. The molecule has 0 aliphatic heterocycles. The Morgan fingerprint density at radius 1 is 1.04 bits per heavy atom. The fourth-order valence-corrected chi connectivity index (χ4v) is 3.84. The minimum absolute atomic E-state index is 0.0180. The Balaban J connectivity index is 2.37. The zero-order valence-electron chi connectivity index (χ0n) is 14.2. The summed E-state index contributed by atoms with van der Waals surface area (Å²) in [5.41, 5.74) is 2.81. The summed E-state index contributed by atoms with van der Waals surface area (Å²) in [6.07, 6.45) is 0. The molecule has 1 N–H and O–H groups in total. The maximum absolute atomic E-state index is 12.6. The quantitative estimate of drug-likeness (QED) is 0.916. The maximum Gasteiger partial charge on any atom is 0.265 e. The molecular weight excluding hydrogens is 310 g/mol. The molecular formula is C18H23NO3S. The van der Waals surface area contributed by atoms with Crippen LogP contribution in [0.3, 0.4) is 0 Å². The summed E-state index contributed by atoms with van der Waals surface area (Å²) >= 11 is 0. The van der Waals surface area contributed by atoms with Gasteiger partial charge in [0.1, 0.15) is 10.6 Å². The van der Waals surface area contributed by atoms with Gasteiger partial charge in [-0.05, 0) is 47.7 Å². The number of hydrogen-bond donors (Lipinski definition) is 1. The third-order valence-electron chi connectivity index (χ3n) is 3.65. The number of ether oxygens (including phenoxy) is 1. The highest BCUT2D eigenvalue weighted by Gasteiger charge is 2.20. The first-order chi connectivity index (χ1) is 10.6. The SMILES string of the molecule is COc1ccccc1S(=O)(=O)Nc1ccc(C(C)(C)C)c(C)c1. The number of aryl methyl sites for hydroxylation is 1. The van der Waals surface area contributed by atoms with Crippen molar-refractivity contribution in [1.29, 1.82) is 0 Å². The topological polar surface area (TPSA) is 55.4 Å². The highest BCUT2D eigenvalue weighted by Crippen LogP contribution is 2.29. The highest BCUT2D eigenvalue weighted by molar-refractivity contribution is 7.92. The van der Waals surface area contributed by atoms with Gasteiger partial charge in [0.15, 0.2) is 0 Å². The number of nitrogens with one attached hydrogen (secondary N) is 1. The molecule has 0 aromatic heterocycles. The van der Waals surface area contributed by atoms with Gasteiger partial charge in [0, 0.05) is 5.69 Å². The van der Waals surface area contributed by atoms with Crippen LogP contribution in [0.15, 0.2) is 47.4 Å². The lowest BCUT2D eigenvalue weighted by Crippen LogP contribution is -2.16. The molecule has 0 bridgehead atoms. The van der Waals surface area contributed by atoms with Crippen LogP contribution in [0.25, 0.3) is 0 Å². The number of rotatable bonds is 4. The van der Waals surface area contributed by atoms with E-state index in [-0.39, 0.29) is 10.3 Å². The average molecular weight is 333 g/mol. The van der Waals surface area contributed by atoms with E-state index in [2.05, 4.69) is 25.5 Å². The second kappa shape index (κ2) is 6.24. The second-order valence-corrected chi connectivity index (χ2v) is 8.19. The number of hydrogen-bond acceptors (Lipinski definition) is 3. The number of methoxy groups -OCH3 is 1. The lowest BCUT2D eigenvalue weighted by Gasteiger charge is -2.22. The van der Waals surface area contributed by atoms with Gasteiger partial charge in [-0.25, -0.2) is 8.42 Å². The van der Waals surface area contributed by atoms with Crippen molar-refractivity contribution in [2.45, 2.75) is 38.0 Å². The highest BCUT2D eigenvalue weighted by atomic mass is 32.2. The molecule has 0 radical (unpaired) electrons. The van der Waals surface area contributed by atoms with E-state index < -0.39 is 10.0 Å². The van der Waals surface area contributed by atoms with Crippen LogP contribution in [-0.2, 0) is 15.4 Å². The van der Waals surface area contributed by atoms with Crippen molar-refractivity contribution in [3.63, 3.8) is 0 Å². The van der Waals surface area contributed by atoms with Crippen molar-refractivity contribution in [3.8, 4) is 5.75 Å². The molecule has 0 amide bonds. The lowest BCUT2D eigenvalue weighted by atomic mass is 9.84. The standard InChI is InChI=1S/C18H23NO3S/c1-13-12-14(10-11-15(13)18(2,3)4)19-23(20,21)17-9-7-6-8-16(17)22-5/h6-12,19H,1-5H3. The van der Waals surface area contributed by atoms with Crippen molar-refractivity contribution >= 4 is 15.7 Å². The molecule has 23 heavy (non-hydrogen) atoms. The summed E-state index contributed by atoms with van der Waals surface area (Å²) < 4.78 is 32.9. The van der Waals surface area contributed by atoms with Gasteiger partial charge in [-0.15, -0.1) is 0 Å².